The number of methoxy groups -OCH3 is 1. The van der Waals surface area contributed by atoms with Gasteiger partial charge in [0.25, 0.3) is 11.5 Å². The molecule has 2 aromatic heterocycles. The highest BCUT2D eigenvalue weighted by atomic mass is 32.1. The molecule has 2 N–H and O–H groups in total. The second kappa shape index (κ2) is 6.33. The van der Waals surface area contributed by atoms with Gasteiger partial charge < -0.3 is 15.0 Å². The van der Waals surface area contributed by atoms with E-state index < -0.39 is 0 Å². The standard InChI is InChI=1S/C18H17N3O3S/c1-24-11-7-5-10(6-8-11)9-19-17(23)15-20-16(22)14-12-3-2-4-13(12)25-18(14)21-15/h5-8H,2-4,9H2,1H3,(H,19,23)(H,20,21,22). The normalized spacial score (nSPS) is 13.0. The Balaban J connectivity index is 1.54. The number of H-pyrrole nitrogens is 1. The third-order valence-corrected chi connectivity index (χ3v) is 5.59. The summed E-state index contributed by atoms with van der Waals surface area (Å²) in [6, 6.07) is 7.42. The van der Waals surface area contributed by atoms with Crippen LogP contribution in [0.2, 0.25) is 0 Å². The van der Waals surface area contributed by atoms with Gasteiger partial charge in [-0.3, -0.25) is 9.59 Å². The SMILES string of the molecule is COc1ccc(CNC(=O)c2nc3sc4c(c3c(=O)[nH]2)CCC4)cc1. The summed E-state index contributed by atoms with van der Waals surface area (Å²) < 4.78 is 5.11. The Kier molecular flexibility index (Phi) is 4.01. The first-order valence-electron chi connectivity index (χ1n) is 8.11. The average molecular weight is 355 g/mol. The van der Waals surface area contributed by atoms with Crippen molar-refractivity contribution in [2.45, 2.75) is 25.8 Å². The number of ether oxygens (including phenoxy) is 1. The lowest BCUT2D eigenvalue weighted by atomic mass is 10.2. The zero-order chi connectivity index (χ0) is 17.4. The number of thiophene rings is 1. The molecular formula is C18H17N3O3S. The van der Waals surface area contributed by atoms with E-state index in [4.69, 9.17) is 4.74 Å². The maximum absolute atomic E-state index is 12.4. The number of nitrogens with zero attached hydrogens (tertiary/aromatic N) is 1. The molecule has 0 radical (unpaired) electrons. The average Bonchev–Trinajstić information content (AvgIpc) is 3.20. The number of hydrogen-bond donors (Lipinski definition) is 2. The third kappa shape index (κ3) is 2.91. The van der Waals surface area contributed by atoms with Crippen LogP contribution < -0.4 is 15.6 Å². The van der Waals surface area contributed by atoms with Crippen molar-refractivity contribution < 1.29 is 9.53 Å². The Labute approximate surface area is 147 Å². The zero-order valence-electron chi connectivity index (χ0n) is 13.7. The van der Waals surface area contributed by atoms with E-state index in [9.17, 15) is 9.59 Å². The number of carbonyl (C=O) groups is 1. The van der Waals surface area contributed by atoms with E-state index in [-0.39, 0.29) is 17.3 Å². The van der Waals surface area contributed by atoms with Gasteiger partial charge in [0.15, 0.2) is 0 Å². The molecule has 1 aliphatic rings. The topological polar surface area (TPSA) is 84.1 Å². The molecule has 7 heteroatoms. The summed E-state index contributed by atoms with van der Waals surface area (Å²) in [5.41, 5.74) is 1.82. The van der Waals surface area contributed by atoms with Crippen LogP contribution in [0, 0.1) is 0 Å². The molecule has 1 amide bonds. The molecule has 25 heavy (non-hydrogen) atoms. The molecule has 128 valence electrons. The number of aromatic amines is 1. The van der Waals surface area contributed by atoms with E-state index in [1.807, 2.05) is 24.3 Å². The summed E-state index contributed by atoms with van der Waals surface area (Å²) >= 11 is 1.53. The Morgan fingerprint density at radius 1 is 1.32 bits per heavy atom. The zero-order valence-corrected chi connectivity index (χ0v) is 14.5. The second-order valence-corrected chi connectivity index (χ2v) is 7.07. The molecular weight excluding hydrogens is 338 g/mol. The minimum Gasteiger partial charge on any atom is -0.497 e. The Hall–Kier alpha value is -2.67. The molecule has 0 bridgehead atoms. The molecule has 0 saturated heterocycles. The van der Waals surface area contributed by atoms with Crippen molar-refractivity contribution in [2.24, 2.45) is 0 Å². The summed E-state index contributed by atoms with van der Waals surface area (Å²) in [4.78, 5) is 33.6. The maximum Gasteiger partial charge on any atom is 0.287 e. The predicted octanol–water partition coefficient (Wildman–Crippen LogP) is 2.41. The molecule has 2 heterocycles. The quantitative estimate of drug-likeness (QED) is 0.753. The molecule has 0 aliphatic heterocycles. The largest absolute Gasteiger partial charge is 0.497 e. The highest BCUT2D eigenvalue weighted by Crippen LogP contribution is 2.34. The summed E-state index contributed by atoms with van der Waals surface area (Å²) in [5, 5.41) is 3.44. The van der Waals surface area contributed by atoms with Gasteiger partial charge in [-0.25, -0.2) is 4.98 Å². The predicted molar refractivity (Wildman–Crippen MR) is 96.4 cm³/mol. The van der Waals surface area contributed by atoms with Crippen molar-refractivity contribution in [3.63, 3.8) is 0 Å². The van der Waals surface area contributed by atoms with Gasteiger partial charge in [0, 0.05) is 11.4 Å². The van der Waals surface area contributed by atoms with E-state index in [1.54, 1.807) is 7.11 Å². The first-order chi connectivity index (χ1) is 12.2. The van der Waals surface area contributed by atoms with Crippen LogP contribution in [0.4, 0.5) is 0 Å². The third-order valence-electron chi connectivity index (χ3n) is 4.40. The molecule has 0 atom stereocenters. The van der Waals surface area contributed by atoms with Gasteiger partial charge in [-0.2, -0.15) is 0 Å². The van der Waals surface area contributed by atoms with Crippen LogP contribution in [0.25, 0.3) is 10.2 Å². The number of carbonyl (C=O) groups excluding carboxylic acids is 1. The number of benzene rings is 1. The van der Waals surface area contributed by atoms with Gasteiger partial charge in [-0.05, 0) is 42.5 Å². The number of amides is 1. The smallest absolute Gasteiger partial charge is 0.287 e. The molecule has 1 aromatic carbocycles. The first kappa shape index (κ1) is 15.8. The minimum atomic E-state index is -0.386. The van der Waals surface area contributed by atoms with Crippen molar-refractivity contribution in [1.29, 1.82) is 0 Å². The summed E-state index contributed by atoms with van der Waals surface area (Å²) in [5.74, 6) is 0.437. The monoisotopic (exact) mass is 355 g/mol. The van der Waals surface area contributed by atoms with Crippen molar-refractivity contribution in [3.05, 3.63) is 56.4 Å². The van der Waals surface area contributed by atoms with Crippen LogP contribution in [-0.4, -0.2) is 23.0 Å². The Bertz CT molecular complexity index is 1000. The maximum atomic E-state index is 12.4. The van der Waals surface area contributed by atoms with Gasteiger partial charge >= 0.3 is 0 Å². The summed E-state index contributed by atoms with van der Waals surface area (Å²) in [6.45, 7) is 0.353. The van der Waals surface area contributed by atoms with Crippen LogP contribution >= 0.6 is 11.3 Å². The Morgan fingerprint density at radius 2 is 2.12 bits per heavy atom. The van der Waals surface area contributed by atoms with Crippen molar-refractivity contribution in [1.82, 2.24) is 15.3 Å². The fraction of sp³-hybridized carbons (Fsp3) is 0.278. The fourth-order valence-corrected chi connectivity index (χ4v) is 4.38. The highest BCUT2D eigenvalue weighted by molar-refractivity contribution is 7.18. The van der Waals surface area contributed by atoms with E-state index in [0.717, 1.165) is 36.1 Å². The number of rotatable bonds is 4. The number of aryl methyl sites for hydroxylation is 2. The van der Waals surface area contributed by atoms with Gasteiger partial charge in [-0.15, -0.1) is 11.3 Å². The molecule has 0 spiro atoms. The van der Waals surface area contributed by atoms with Crippen LogP contribution in [0.3, 0.4) is 0 Å². The summed E-state index contributed by atoms with van der Waals surface area (Å²) in [6.07, 6.45) is 3.00. The first-order valence-corrected chi connectivity index (χ1v) is 8.93. The molecule has 0 unspecified atom stereocenters. The van der Waals surface area contributed by atoms with Gasteiger partial charge in [-0.1, -0.05) is 12.1 Å². The highest BCUT2D eigenvalue weighted by Gasteiger charge is 2.22. The van der Waals surface area contributed by atoms with Gasteiger partial charge in [0.2, 0.25) is 5.82 Å². The van der Waals surface area contributed by atoms with Crippen molar-refractivity contribution >= 4 is 27.5 Å². The lowest BCUT2D eigenvalue weighted by Crippen LogP contribution is -2.27. The second-order valence-electron chi connectivity index (χ2n) is 5.98. The number of nitrogens with one attached hydrogen (secondary N) is 2. The van der Waals surface area contributed by atoms with Crippen molar-refractivity contribution in [2.75, 3.05) is 7.11 Å². The van der Waals surface area contributed by atoms with Crippen LogP contribution in [0.15, 0.2) is 29.1 Å². The lowest BCUT2D eigenvalue weighted by molar-refractivity contribution is 0.0940. The van der Waals surface area contributed by atoms with Crippen molar-refractivity contribution in [3.8, 4) is 5.75 Å². The molecule has 6 nitrogen and oxygen atoms in total. The van der Waals surface area contributed by atoms with Crippen LogP contribution in [-0.2, 0) is 19.4 Å². The molecule has 3 aromatic rings. The molecule has 0 fully saturated rings. The van der Waals surface area contributed by atoms with Crippen LogP contribution in [0.5, 0.6) is 5.75 Å². The molecule has 1 aliphatic carbocycles. The fourth-order valence-electron chi connectivity index (χ4n) is 3.12. The molecule has 0 saturated carbocycles. The van der Waals surface area contributed by atoms with E-state index in [2.05, 4.69) is 15.3 Å². The Morgan fingerprint density at radius 3 is 2.88 bits per heavy atom. The van der Waals surface area contributed by atoms with E-state index in [0.29, 0.717) is 16.8 Å². The summed E-state index contributed by atoms with van der Waals surface area (Å²) in [7, 11) is 1.61. The lowest BCUT2D eigenvalue weighted by Gasteiger charge is -2.06. The van der Waals surface area contributed by atoms with E-state index in [1.165, 1.54) is 16.2 Å². The molecule has 4 rings (SSSR count). The van der Waals surface area contributed by atoms with Crippen LogP contribution in [0.1, 0.15) is 33.0 Å². The number of hydrogen-bond acceptors (Lipinski definition) is 5. The van der Waals surface area contributed by atoms with Gasteiger partial charge in [0.1, 0.15) is 10.6 Å². The van der Waals surface area contributed by atoms with Gasteiger partial charge in [0.05, 0.1) is 12.5 Å². The minimum absolute atomic E-state index is 0.0611. The van der Waals surface area contributed by atoms with E-state index >= 15 is 0 Å². The number of aromatic nitrogens is 2. The number of fused-ring (bicyclic) bond motifs is 3.